The van der Waals surface area contributed by atoms with Crippen LogP contribution in [0.3, 0.4) is 0 Å². The van der Waals surface area contributed by atoms with Crippen LogP contribution in [0, 0.1) is 0 Å². The summed E-state index contributed by atoms with van der Waals surface area (Å²) in [5.41, 5.74) is 1.62. The number of amides is 3. The molecule has 3 aromatic rings. The highest BCUT2D eigenvalue weighted by Gasteiger charge is 2.39. The largest absolute Gasteiger partial charge is 0.493 e. The standard InChI is InChI=1S/C27H28N4O7/c1-35-20-6-4-17-10-23(20)37-15-25(32)29-11-16-3-5-21(22(9-16)36-2)38-24-14-31(13-19(24)30-26(17)33)27(34)18-7-8-28-12-18/h3-10,12,19,24,28H,11,13-15H2,1-2H3,(H,29,32)(H,30,33)/t19-,24-/m0/s1. The summed E-state index contributed by atoms with van der Waals surface area (Å²) in [7, 11) is 3.00. The monoisotopic (exact) mass is 520 g/mol. The third-order valence-corrected chi connectivity index (χ3v) is 6.50. The summed E-state index contributed by atoms with van der Waals surface area (Å²) in [4.78, 5) is 43.3. The Morgan fingerprint density at radius 3 is 2.61 bits per heavy atom. The highest BCUT2D eigenvalue weighted by molar-refractivity contribution is 5.96. The van der Waals surface area contributed by atoms with Crippen LogP contribution in [0.15, 0.2) is 54.9 Å². The van der Waals surface area contributed by atoms with Crippen molar-refractivity contribution >= 4 is 17.7 Å². The molecule has 4 heterocycles. The molecule has 3 N–H and O–H groups in total. The van der Waals surface area contributed by atoms with E-state index in [1.54, 1.807) is 47.6 Å². The van der Waals surface area contributed by atoms with Gasteiger partial charge in [-0.05, 0) is 42.0 Å². The molecule has 38 heavy (non-hydrogen) atoms. The number of nitrogens with one attached hydrogen (secondary N) is 3. The molecule has 1 saturated heterocycles. The molecule has 4 bridgehead atoms. The number of methoxy groups -OCH3 is 2. The Labute approximate surface area is 219 Å². The molecular weight excluding hydrogens is 492 g/mol. The molecule has 2 atom stereocenters. The van der Waals surface area contributed by atoms with E-state index in [9.17, 15) is 14.4 Å². The van der Waals surface area contributed by atoms with Crippen molar-refractivity contribution in [1.29, 1.82) is 0 Å². The fourth-order valence-corrected chi connectivity index (χ4v) is 4.50. The summed E-state index contributed by atoms with van der Waals surface area (Å²) in [5, 5.41) is 5.80. The number of aromatic amines is 1. The summed E-state index contributed by atoms with van der Waals surface area (Å²) in [6, 6.07) is 11.2. The van der Waals surface area contributed by atoms with Crippen LogP contribution in [0.25, 0.3) is 0 Å². The molecule has 0 spiro atoms. The smallest absolute Gasteiger partial charge is 0.258 e. The van der Waals surface area contributed by atoms with Gasteiger partial charge in [0.25, 0.3) is 17.7 Å². The van der Waals surface area contributed by atoms with Crippen LogP contribution in [0.1, 0.15) is 26.3 Å². The minimum absolute atomic E-state index is 0.170. The molecule has 1 aromatic heterocycles. The number of hydrogen-bond donors (Lipinski definition) is 3. The van der Waals surface area contributed by atoms with Crippen LogP contribution in [-0.2, 0) is 11.3 Å². The number of fused-ring (bicyclic) bond motifs is 7. The number of carbonyl (C=O) groups is 3. The number of nitrogens with zero attached hydrogens (tertiary/aromatic N) is 1. The Balaban J connectivity index is 1.49. The Kier molecular flexibility index (Phi) is 7.07. The molecule has 0 unspecified atom stereocenters. The van der Waals surface area contributed by atoms with E-state index in [2.05, 4.69) is 15.6 Å². The van der Waals surface area contributed by atoms with E-state index >= 15 is 0 Å². The summed E-state index contributed by atoms with van der Waals surface area (Å²) in [6.07, 6.45) is 2.77. The highest BCUT2D eigenvalue weighted by atomic mass is 16.5. The number of H-pyrrole nitrogens is 1. The van der Waals surface area contributed by atoms with E-state index in [1.165, 1.54) is 20.3 Å². The predicted octanol–water partition coefficient (Wildman–Crippen LogP) is 1.74. The van der Waals surface area contributed by atoms with Crippen molar-refractivity contribution in [3.63, 3.8) is 0 Å². The van der Waals surface area contributed by atoms with Gasteiger partial charge in [0.15, 0.2) is 29.6 Å². The third-order valence-electron chi connectivity index (χ3n) is 6.50. The predicted molar refractivity (Wildman–Crippen MR) is 136 cm³/mol. The number of aromatic nitrogens is 1. The van der Waals surface area contributed by atoms with Crippen molar-refractivity contribution in [2.24, 2.45) is 0 Å². The Morgan fingerprint density at radius 1 is 1.00 bits per heavy atom. The normalized spacial score (nSPS) is 19.4. The van der Waals surface area contributed by atoms with Gasteiger partial charge in [0.1, 0.15) is 6.10 Å². The molecule has 0 radical (unpaired) electrons. The average Bonchev–Trinajstić information content (AvgIpc) is 3.61. The fraction of sp³-hybridized carbons (Fsp3) is 0.296. The van der Waals surface area contributed by atoms with E-state index in [-0.39, 0.29) is 49.7 Å². The molecule has 3 amide bonds. The number of carbonyl (C=O) groups excluding carboxylic acids is 3. The molecular formula is C27H28N4O7. The van der Waals surface area contributed by atoms with Gasteiger partial charge in [-0.1, -0.05) is 6.07 Å². The van der Waals surface area contributed by atoms with Crippen LogP contribution in [0.5, 0.6) is 23.0 Å². The Hall–Kier alpha value is -4.67. The number of likely N-dealkylation sites (tertiary alicyclic amines) is 1. The first-order chi connectivity index (χ1) is 18.4. The van der Waals surface area contributed by atoms with Crippen molar-refractivity contribution in [2.75, 3.05) is 33.9 Å². The molecule has 11 heteroatoms. The average molecular weight is 521 g/mol. The molecule has 198 valence electrons. The maximum absolute atomic E-state index is 13.3. The Bertz CT molecular complexity index is 1340. The zero-order valence-corrected chi connectivity index (χ0v) is 21.0. The van der Waals surface area contributed by atoms with Crippen LogP contribution >= 0.6 is 0 Å². The number of benzene rings is 2. The zero-order chi connectivity index (χ0) is 26.6. The van der Waals surface area contributed by atoms with Crippen LogP contribution in [0.4, 0.5) is 0 Å². The van der Waals surface area contributed by atoms with E-state index in [0.29, 0.717) is 28.4 Å². The lowest BCUT2D eigenvalue weighted by Crippen LogP contribution is -2.45. The molecule has 0 aliphatic carbocycles. The quantitative estimate of drug-likeness (QED) is 0.480. The van der Waals surface area contributed by atoms with Crippen molar-refractivity contribution < 1.29 is 33.3 Å². The van der Waals surface area contributed by atoms with Gasteiger partial charge in [0.2, 0.25) is 0 Å². The lowest BCUT2D eigenvalue weighted by atomic mass is 10.1. The summed E-state index contributed by atoms with van der Waals surface area (Å²) in [6.45, 7) is 0.493. The van der Waals surface area contributed by atoms with Gasteiger partial charge >= 0.3 is 0 Å². The van der Waals surface area contributed by atoms with Gasteiger partial charge in [-0.25, -0.2) is 0 Å². The summed E-state index contributed by atoms with van der Waals surface area (Å²) < 4.78 is 22.9. The molecule has 11 nitrogen and oxygen atoms in total. The van der Waals surface area contributed by atoms with Gasteiger partial charge in [0.05, 0.1) is 32.4 Å². The van der Waals surface area contributed by atoms with E-state index in [4.69, 9.17) is 18.9 Å². The first-order valence-corrected chi connectivity index (χ1v) is 12.1. The number of rotatable bonds is 3. The fourth-order valence-electron chi connectivity index (χ4n) is 4.50. The number of hydrogen-bond acceptors (Lipinski definition) is 7. The first-order valence-electron chi connectivity index (χ1n) is 12.1. The molecule has 0 saturated carbocycles. The van der Waals surface area contributed by atoms with E-state index < -0.39 is 12.1 Å². The minimum atomic E-state index is -0.550. The third kappa shape index (κ3) is 5.22. The van der Waals surface area contributed by atoms with Gasteiger partial charge in [-0.3, -0.25) is 14.4 Å². The SMILES string of the molecule is COc1ccc2cc1OCC(=O)NCc1ccc(c(OC)c1)O[C@H]1CN(C(=O)c3cc[nH]c3)C[C@@H]1NC2=O. The van der Waals surface area contributed by atoms with Gasteiger partial charge in [-0.15, -0.1) is 0 Å². The lowest BCUT2D eigenvalue weighted by molar-refractivity contribution is -0.123. The van der Waals surface area contributed by atoms with Crippen molar-refractivity contribution in [1.82, 2.24) is 20.5 Å². The molecule has 2 aromatic carbocycles. The van der Waals surface area contributed by atoms with Crippen molar-refractivity contribution in [2.45, 2.75) is 18.7 Å². The molecule has 6 rings (SSSR count). The van der Waals surface area contributed by atoms with Crippen molar-refractivity contribution in [3.8, 4) is 23.0 Å². The minimum Gasteiger partial charge on any atom is -0.493 e. The number of ether oxygens (including phenoxy) is 4. The van der Waals surface area contributed by atoms with Crippen LogP contribution in [-0.4, -0.2) is 73.7 Å². The van der Waals surface area contributed by atoms with Gasteiger partial charge < -0.3 is 39.5 Å². The second kappa shape index (κ2) is 10.8. The maximum Gasteiger partial charge on any atom is 0.258 e. The zero-order valence-electron chi connectivity index (χ0n) is 21.0. The van der Waals surface area contributed by atoms with Crippen LogP contribution < -0.4 is 29.6 Å². The first kappa shape index (κ1) is 25.0. The van der Waals surface area contributed by atoms with Crippen LogP contribution in [0.2, 0.25) is 0 Å². The molecule has 3 aliphatic rings. The van der Waals surface area contributed by atoms with Gasteiger partial charge in [-0.2, -0.15) is 0 Å². The summed E-state index contributed by atoms with van der Waals surface area (Å²) >= 11 is 0. The second-order valence-corrected chi connectivity index (χ2v) is 8.96. The summed E-state index contributed by atoms with van der Waals surface area (Å²) in [5.74, 6) is 0.676. The molecule has 1 fully saturated rings. The topological polar surface area (TPSA) is 131 Å². The maximum atomic E-state index is 13.3. The Morgan fingerprint density at radius 2 is 1.84 bits per heavy atom. The second-order valence-electron chi connectivity index (χ2n) is 8.96. The lowest BCUT2D eigenvalue weighted by Gasteiger charge is -2.22. The highest BCUT2D eigenvalue weighted by Crippen LogP contribution is 2.32. The molecule has 3 aliphatic heterocycles. The van der Waals surface area contributed by atoms with E-state index in [0.717, 1.165) is 5.56 Å². The van der Waals surface area contributed by atoms with E-state index in [1.807, 2.05) is 6.07 Å². The van der Waals surface area contributed by atoms with Crippen molar-refractivity contribution in [3.05, 3.63) is 71.5 Å². The van der Waals surface area contributed by atoms with Gasteiger partial charge in [0, 0.05) is 31.0 Å².